The first-order valence-electron chi connectivity index (χ1n) is 8.11. The highest BCUT2D eigenvalue weighted by Gasteiger charge is 2.47. The van der Waals surface area contributed by atoms with Crippen LogP contribution in [0.2, 0.25) is 0 Å². The third-order valence-electron chi connectivity index (χ3n) is 3.23. The van der Waals surface area contributed by atoms with Gasteiger partial charge in [-0.25, -0.2) is 9.59 Å². The minimum absolute atomic E-state index is 0.187. The number of cyclic esters (lactones) is 1. The molecule has 0 saturated heterocycles. The van der Waals surface area contributed by atoms with Crippen LogP contribution in [0.5, 0.6) is 0 Å². The molecular formula is C17H25NO7. The van der Waals surface area contributed by atoms with Crippen LogP contribution in [0.1, 0.15) is 34.6 Å². The number of esters is 2. The lowest BCUT2D eigenvalue weighted by molar-refractivity contribution is -0.322. The van der Waals surface area contributed by atoms with Crippen molar-refractivity contribution in [2.24, 2.45) is 0 Å². The van der Waals surface area contributed by atoms with E-state index in [4.69, 9.17) is 18.9 Å². The topological polar surface area (TPSA) is 100 Å². The zero-order chi connectivity index (χ0) is 19.1. The van der Waals surface area contributed by atoms with Gasteiger partial charge in [0.25, 0.3) is 0 Å². The largest absolute Gasteiger partial charge is 0.463 e. The van der Waals surface area contributed by atoms with Crippen LogP contribution >= 0.6 is 0 Å². The van der Waals surface area contributed by atoms with E-state index in [-0.39, 0.29) is 25.4 Å². The van der Waals surface area contributed by atoms with Crippen LogP contribution in [0.25, 0.3) is 0 Å². The summed E-state index contributed by atoms with van der Waals surface area (Å²) in [5, 5.41) is 2.63. The van der Waals surface area contributed by atoms with Crippen LogP contribution in [0.15, 0.2) is 23.8 Å². The van der Waals surface area contributed by atoms with Crippen LogP contribution in [0, 0.1) is 0 Å². The van der Waals surface area contributed by atoms with Crippen molar-refractivity contribution in [2.75, 3.05) is 19.8 Å². The molecule has 0 aromatic carbocycles. The number of nitrogens with one attached hydrogen (secondary N) is 1. The van der Waals surface area contributed by atoms with E-state index in [1.807, 2.05) is 0 Å². The third-order valence-corrected chi connectivity index (χ3v) is 3.23. The van der Waals surface area contributed by atoms with Crippen LogP contribution < -0.4 is 5.32 Å². The molecule has 0 fully saturated rings. The predicted octanol–water partition coefficient (Wildman–Crippen LogP) is 1.21. The second-order valence-corrected chi connectivity index (χ2v) is 5.62. The molecule has 1 amide bonds. The van der Waals surface area contributed by atoms with Gasteiger partial charge >= 0.3 is 17.9 Å². The fourth-order valence-electron chi connectivity index (χ4n) is 2.22. The van der Waals surface area contributed by atoms with Gasteiger partial charge in [-0.05, 0) is 34.6 Å². The van der Waals surface area contributed by atoms with E-state index in [1.165, 1.54) is 6.08 Å². The summed E-state index contributed by atoms with van der Waals surface area (Å²) in [6, 6.07) is 0. The molecule has 25 heavy (non-hydrogen) atoms. The first-order chi connectivity index (χ1) is 11.7. The molecule has 140 valence electrons. The normalized spacial score (nSPS) is 16.5. The van der Waals surface area contributed by atoms with Gasteiger partial charge in [0.15, 0.2) is 0 Å². The Balaban J connectivity index is 2.90. The van der Waals surface area contributed by atoms with Gasteiger partial charge in [0.1, 0.15) is 0 Å². The number of amides is 1. The Morgan fingerprint density at radius 2 is 1.76 bits per heavy atom. The first kappa shape index (κ1) is 20.9. The van der Waals surface area contributed by atoms with Crippen molar-refractivity contribution in [1.29, 1.82) is 0 Å². The molecule has 0 radical (unpaired) electrons. The van der Waals surface area contributed by atoms with Crippen molar-refractivity contribution in [1.82, 2.24) is 5.32 Å². The highest BCUT2D eigenvalue weighted by atomic mass is 16.9. The molecule has 0 aliphatic carbocycles. The van der Waals surface area contributed by atoms with Gasteiger partial charge in [0.2, 0.25) is 5.91 Å². The molecule has 0 unspecified atom stereocenters. The fourth-order valence-corrected chi connectivity index (χ4v) is 2.22. The van der Waals surface area contributed by atoms with Gasteiger partial charge in [-0.3, -0.25) is 4.79 Å². The van der Waals surface area contributed by atoms with E-state index in [9.17, 15) is 14.4 Å². The average molecular weight is 355 g/mol. The summed E-state index contributed by atoms with van der Waals surface area (Å²) < 4.78 is 20.7. The minimum atomic E-state index is -1.58. The van der Waals surface area contributed by atoms with Crippen molar-refractivity contribution >= 4 is 17.8 Å². The Bertz CT molecular complexity index is 572. The van der Waals surface area contributed by atoms with Crippen molar-refractivity contribution in [3.8, 4) is 0 Å². The van der Waals surface area contributed by atoms with E-state index in [2.05, 4.69) is 5.32 Å². The van der Waals surface area contributed by atoms with Crippen molar-refractivity contribution < 1.29 is 33.3 Å². The zero-order valence-corrected chi connectivity index (χ0v) is 15.2. The van der Waals surface area contributed by atoms with Gasteiger partial charge in [-0.2, -0.15) is 0 Å². The summed E-state index contributed by atoms with van der Waals surface area (Å²) in [6.45, 7) is 9.16. The van der Waals surface area contributed by atoms with E-state index in [0.717, 1.165) is 12.2 Å². The maximum absolute atomic E-state index is 12.2. The molecular weight excluding hydrogens is 330 g/mol. The van der Waals surface area contributed by atoms with Crippen molar-refractivity contribution in [2.45, 2.75) is 46.1 Å². The van der Waals surface area contributed by atoms with Gasteiger partial charge in [-0.1, -0.05) is 0 Å². The maximum Gasteiger partial charge on any atom is 0.352 e. The number of hydrogen-bond acceptors (Lipinski definition) is 7. The van der Waals surface area contributed by atoms with E-state index < -0.39 is 29.4 Å². The summed E-state index contributed by atoms with van der Waals surface area (Å²) in [4.78, 5) is 35.5. The molecule has 0 saturated carbocycles. The summed E-state index contributed by atoms with van der Waals surface area (Å²) in [7, 11) is 0. The van der Waals surface area contributed by atoms with Gasteiger partial charge in [-0.15, -0.1) is 0 Å². The smallest absolute Gasteiger partial charge is 0.352 e. The van der Waals surface area contributed by atoms with Gasteiger partial charge in [0.05, 0.1) is 30.9 Å². The number of ether oxygens (including phenoxy) is 4. The lowest BCUT2D eigenvalue weighted by Crippen LogP contribution is -2.45. The average Bonchev–Trinajstić information content (AvgIpc) is 2.83. The number of hydrogen-bond donors (Lipinski definition) is 1. The van der Waals surface area contributed by atoms with Crippen LogP contribution in [-0.4, -0.2) is 49.2 Å². The predicted molar refractivity (Wildman–Crippen MR) is 88.2 cm³/mol. The summed E-state index contributed by atoms with van der Waals surface area (Å²) in [5.41, 5.74) is -0.879. The Morgan fingerprint density at radius 3 is 2.28 bits per heavy atom. The second kappa shape index (κ2) is 8.77. The van der Waals surface area contributed by atoms with E-state index >= 15 is 0 Å². The highest BCUT2D eigenvalue weighted by Crippen LogP contribution is 2.33. The first-order valence-corrected chi connectivity index (χ1v) is 8.11. The Morgan fingerprint density at radius 1 is 1.16 bits per heavy atom. The highest BCUT2D eigenvalue weighted by molar-refractivity contribution is 5.98. The van der Waals surface area contributed by atoms with E-state index in [1.54, 1.807) is 34.6 Å². The summed E-state index contributed by atoms with van der Waals surface area (Å²) >= 11 is 0. The molecule has 1 rings (SSSR count). The monoisotopic (exact) mass is 355 g/mol. The molecule has 1 aliphatic heterocycles. The third kappa shape index (κ3) is 5.68. The molecule has 1 aliphatic rings. The fraction of sp³-hybridized carbons (Fsp3) is 0.588. The minimum Gasteiger partial charge on any atom is -0.463 e. The van der Waals surface area contributed by atoms with E-state index in [0.29, 0.717) is 0 Å². The molecule has 0 aromatic heterocycles. The van der Waals surface area contributed by atoms with Gasteiger partial charge in [0, 0.05) is 18.2 Å². The Kier molecular flexibility index (Phi) is 7.32. The molecule has 8 heteroatoms. The number of rotatable bonds is 9. The van der Waals surface area contributed by atoms with Crippen molar-refractivity contribution in [3.63, 3.8) is 0 Å². The Labute approximate surface area is 147 Å². The van der Waals surface area contributed by atoms with Crippen molar-refractivity contribution in [3.05, 3.63) is 23.8 Å². The molecule has 8 nitrogen and oxygen atoms in total. The zero-order valence-electron chi connectivity index (χ0n) is 15.2. The molecule has 0 bridgehead atoms. The number of carbonyl (C=O) groups excluding carboxylic acids is 3. The molecule has 0 atom stereocenters. The van der Waals surface area contributed by atoms with Crippen LogP contribution in [0.4, 0.5) is 0 Å². The molecule has 0 spiro atoms. The molecule has 1 N–H and O–H groups in total. The Hall–Kier alpha value is -2.19. The summed E-state index contributed by atoms with van der Waals surface area (Å²) in [5.74, 6) is -3.42. The lowest BCUT2D eigenvalue weighted by Gasteiger charge is -2.25. The van der Waals surface area contributed by atoms with Crippen LogP contribution in [-0.2, 0) is 33.3 Å². The van der Waals surface area contributed by atoms with Gasteiger partial charge < -0.3 is 24.3 Å². The molecule has 1 heterocycles. The quantitative estimate of drug-likeness (QED) is 0.377. The standard InChI is InChI=1S/C17H25NO7/c1-6-22-14(20)10-9-13(19)18-16(4,5)12-11-17(23-7-2,24-8-3)25-15(12)21/h9-11H,6-8H2,1-5H3,(H,18,19)/b10-9+. The maximum atomic E-state index is 12.2. The summed E-state index contributed by atoms with van der Waals surface area (Å²) in [6.07, 6.45) is 3.47. The second-order valence-electron chi connectivity index (χ2n) is 5.62. The number of carbonyl (C=O) groups is 3. The molecule has 0 aromatic rings. The lowest BCUT2D eigenvalue weighted by atomic mass is 9.94. The SMILES string of the molecule is CCOC(=O)/C=C/C(=O)NC(C)(C)C1=CC(OCC)(OCC)OC1=O. The van der Waals surface area contributed by atoms with Crippen LogP contribution in [0.3, 0.4) is 0 Å².